The van der Waals surface area contributed by atoms with Gasteiger partial charge in [-0.05, 0) is 24.8 Å². The van der Waals surface area contributed by atoms with E-state index in [4.69, 9.17) is 0 Å². The second kappa shape index (κ2) is 5.64. The number of hydrogen-bond acceptors (Lipinski definition) is 6. The molecule has 10 nitrogen and oxygen atoms in total. The summed E-state index contributed by atoms with van der Waals surface area (Å²) in [4.78, 5) is 26.5. The fourth-order valence-electron chi connectivity index (χ4n) is 3.00. The number of sulfonamides is 1. The fourth-order valence-corrected chi connectivity index (χ4v) is 4.39. The Balaban J connectivity index is 1.63. The van der Waals surface area contributed by atoms with Crippen molar-refractivity contribution in [3.05, 3.63) is 44.5 Å². The molecule has 1 saturated carbocycles. The average molecular weight is 367 g/mol. The number of rotatable bonds is 4. The lowest BCUT2D eigenvalue weighted by atomic mass is 10.1. The van der Waals surface area contributed by atoms with E-state index in [1.165, 1.54) is 4.31 Å². The molecule has 1 aliphatic carbocycles. The quantitative estimate of drug-likeness (QED) is 0.627. The van der Waals surface area contributed by atoms with E-state index in [1.807, 2.05) is 4.98 Å². The third-order valence-electron chi connectivity index (χ3n) is 4.56. The maximum Gasteiger partial charge on any atom is 0.325 e. The van der Waals surface area contributed by atoms with Crippen LogP contribution in [-0.2, 0) is 23.1 Å². The summed E-state index contributed by atoms with van der Waals surface area (Å²) < 4.78 is 28.2. The summed E-state index contributed by atoms with van der Waals surface area (Å²) in [7, 11) is -4.05. The molecule has 0 amide bonds. The van der Waals surface area contributed by atoms with Gasteiger partial charge in [-0.15, -0.1) is 0 Å². The highest BCUT2D eigenvalue weighted by Gasteiger charge is 2.35. The summed E-state index contributed by atoms with van der Waals surface area (Å²) in [5, 5.41) is 14.5. The zero-order valence-corrected chi connectivity index (χ0v) is 14.0. The van der Waals surface area contributed by atoms with Crippen LogP contribution in [0.25, 0.3) is 0 Å². The van der Waals surface area contributed by atoms with E-state index in [9.17, 15) is 23.1 Å². The van der Waals surface area contributed by atoms with Gasteiger partial charge in [-0.3, -0.25) is 14.5 Å². The van der Waals surface area contributed by atoms with Gasteiger partial charge < -0.3 is 10.1 Å². The minimum atomic E-state index is -4.05. The Morgan fingerprint density at radius 1 is 1.28 bits per heavy atom. The monoisotopic (exact) mass is 367 g/mol. The second-order valence-electron chi connectivity index (χ2n) is 6.34. The second-order valence-corrected chi connectivity index (χ2v) is 8.25. The lowest BCUT2D eigenvalue weighted by Crippen LogP contribution is -2.41. The number of aliphatic hydroxyl groups excluding tert-OH is 1. The van der Waals surface area contributed by atoms with Crippen LogP contribution in [0.3, 0.4) is 0 Å². The largest absolute Gasteiger partial charge is 0.386 e. The molecule has 0 spiro atoms. The van der Waals surface area contributed by atoms with Crippen LogP contribution < -0.4 is 11.2 Å². The third-order valence-corrected chi connectivity index (χ3v) is 6.41. The van der Waals surface area contributed by atoms with Gasteiger partial charge in [-0.1, -0.05) is 0 Å². The molecule has 1 atom stereocenters. The summed E-state index contributed by atoms with van der Waals surface area (Å²) >= 11 is 0. The Hall–Kier alpha value is -2.24. The predicted octanol–water partition coefficient (Wildman–Crippen LogP) is -1.09. The van der Waals surface area contributed by atoms with Crippen molar-refractivity contribution in [2.75, 3.05) is 6.54 Å². The van der Waals surface area contributed by atoms with E-state index >= 15 is 0 Å². The summed E-state index contributed by atoms with van der Waals surface area (Å²) in [5.41, 5.74) is -0.504. The zero-order chi connectivity index (χ0) is 17.8. The maximum atomic E-state index is 12.7. The van der Waals surface area contributed by atoms with Crippen LogP contribution in [0.2, 0.25) is 0 Å². The van der Waals surface area contributed by atoms with Crippen LogP contribution >= 0.6 is 0 Å². The van der Waals surface area contributed by atoms with Crippen molar-refractivity contribution < 1.29 is 13.5 Å². The molecule has 1 fully saturated rings. The van der Waals surface area contributed by atoms with Gasteiger partial charge >= 0.3 is 5.69 Å². The SMILES string of the molecule is O=c1[nH]cc(S(=O)(=O)N2CCn3nc(C(O)C4CC4)cc3C2)c(=O)[nH]1. The minimum absolute atomic E-state index is 0.0469. The van der Waals surface area contributed by atoms with Gasteiger partial charge in [-0.25, -0.2) is 13.2 Å². The Morgan fingerprint density at radius 2 is 2.04 bits per heavy atom. The number of nitrogens with zero attached hydrogens (tertiary/aromatic N) is 3. The van der Waals surface area contributed by atoms with Crippen molar-refractivity contribution in [3.8, 4) is 0 Å². The molecule has 134 valence electrons. The molecule has 1 aliphatic heterocycles. The van der Waals surface area contributed by atoms with Gasteiger partial charge in [-0.2, -0.15) is 9.40 Å². The zero-order valence-electron chi connectivity index (χ0n) is 13.2. The van der Waals surface area contributed by atoms with Gasteiger partial charge in [0.05, 0.1) is 24.5 Å². The van der Waals surface area contributed by atoms with Crippen molar-refractivity contribution >= 4 is 10.0 Å². The van der Waals surface area contributed by atoms with E-state index in [2.05, 4.69) is 10.1 Å². The molecule has 0 bridgehead atoms. The molecule has 25 heavy (non-hydrogen) atoms. The molecule has 0 aromatic carbocycles. The van der Waals surface area contributed by atoms with Crippen LogP contribution in [-0.4, -0.2) is 44.1 Å². The Kier molecular flexibility index (Phi) is 3.67. The topological polar surface area (TPSA) is 141 Å². The molecular formula is C14H17N5O5S. The van der Waals surface area contributed by atoms with Crippen molar-refractivity contribution in [3.63, 3.8) is 0 Å². The van der Waals surface area contributed by atoms with Gasteiger partial charge in [0.15, 0.2) is 4.90 Å². The van der Waals surface area contributed by atoms with Crippen LogP contribution in [0, 0.1) is 5.92 Å². The summed E-state index contributed by atoms with van der Waals surface area (Å²) in [6.45, 7) is 0.521. The van der Waals surface area contributed by atoms with Crippen molar-refractivity contribution in [1.82, 2.24) is 24.1 Å². The third kappa shape index (κ3) is 2.83. The maximum absolute atomic E-state index is 12.7. The molecule has 4 rings (SSSR count). The van der Waals surface area contributed by atoms with Crippen LogP contribution in [0.1, 0.15) is 30.3 Å². The highest BCUT2D eigenvalue weighted by atomic mass is 32.2. The smallest absolute Gasteiger partial charge is 0.325 e. The van der Waals surface area contributed by atoms with Crippen molar-refractivity contribution in [2.45, 2.75) is 36.9 Å². The molecule has 2 aliphatic rings. The first-order chi connectivity index (χ1) is 11.9. The Bertz CT molecular complexity index is 1030. The standard InChI is InChI=1S/C14H17N5O5S/c20-12(8-1-2-8)10-5-9-7-18(3-4-19(9)17-10)25(23,24)11-6-15-14(22)16-13(11)21/h5-6,8,12,20H,1-4,7H2,(H2,15,16,21,22). The van der Waals surface area contributed by atoms with E-state index in [0.29, 0.717) is 17.9 Å². The minimum Gasteiger partial charge on any atom is -0.386 e. The molecule has 3 heterocycles. The lowest BCUT2D eigenvalue weighted by Gasteiger charge is -2.26. The van der Waals surface area contributed by atoms with Crippen LogP contribution in [0.4, 0.5) is 0 Å². The molecule has 3 N–H and O–H groups in total. The van der Waals surface area contributed by atoms with Gasteiger partial charge in [0.25, 0.3) is 5.56 Å². The molecule has 0 saturated heterocycles. The summed E-state index contributed by atoms with van der Waals surface area (Å²) in [6.07, 6.45) is 2.23. The van der Waals surface area contributed by atoms with Crippen LogP contribution in [0.15, 0.2) is 26.7 Å². The van der Waals surface area contributed by atoms with E-state index in [-0.39, 0.29) is 19.0 Å². The first-order valence-corrected chi connectivity index (χ1v) is 9.37. The van der Waals surface area contributed by atoms with Gasteiger partial charge in [0.1, 0.15) is 6.10 Å². The number of aromatic amines is 2. The van der Waals surface area contributed by atoms with Crippen LogP contribution in [0.5, 0.6) is 0 Å². The number of aliphatic hydroxyl groups is 1. The summed E-state index contributed by atoms with van der Waals surface area (Å²) in [6, 6.07) is 1.71. The number of nitrogens with one attached hydrogen (secondary N) is 2. The highest BCUT2D eigenvalue weighted by Crippen LogP contribution is 2.40. The number of hydrogen-bond donors (Lipinski definition) is 3. The van der Waals surface area contributed by atoms with Crippen molar-refractivity contribution in [2.24, 2.45) is 5.92 Å². The first-order valence-electron chi connectivity index (χ1n) is 7.93. The molecule has 11 heteroatoms. The predicted molar refractivity (Wildman–Crippen MR) is 85.2 cm³/mol. The lowest BCUT2D eigenvalue weighted by molar-refractivity contribution is 0.148. The summed E-state index contributed by atoms with van der Waals surface area (Å²) in [5.74, 6) is 0.233. The van der Waals surface area contributed by atoms with Gasteiger partial charge in [0.2, 0.25) is 10.0 Å². The molecule has 2 aromatic rings. The average Bonchev–Trinajstić information content (AvgIpc) is 3.31. The van der Waals surface area contributed by atoms with E-state index in [0.717, 1.165) is 19.0 Å². The molecule has 2 aromatic heterocycles. The Labute approximate surface area is 142 Å². The Morgan fingerprint density at radius 3 is 2.72 bits per heavy atom. The van der Waals surface area contributed by atoms with Gasteiger partial charge in [0, 0.05) is 12.7 Å². The number of H-pyrrole nitrogens is 2. The molecule has 1 unspecified atom stereocenters. The number of aromatic nitrogens is 4. The van der Waals surface area contributed by atoms with E-state index in [1.54, 1.807) is 10.7 Å². The van der Waals surface area contributed by atoms with Crippen molar-refractivity contribution in [1.29, 1.82) is 0 Å². The number of fused-ring (bicyclic) bond motifs is 1. The highest BCUT2D eigenvalue weighted by molar-refractivity contribution is 7.89. The van der Waals surface area contributed by atoms with E-state index < -0.39 is 32.3 Å². The normalized spacial score (nSPS) is 19.6. The molecular weight excluding hydrogens is 350 g/mol. The first kappa shape index (κ1) is 16.2. The fraction of sp³-hybridized carbons (Fsp3) is 0.500. The molecule has 0 radical (unpaired) electrons.